The summed E-state index contributed by atoms with van der Waals surface area (Å²) < 4.78 is 15.5. The summed E-state index contributed by atoms with van der Waals surface area (Å²) in [6.45, 7) is 4.38. The van der Waals surface area contributed by atoms with Crippen molar-refractivity contribution in [2.45, 2.75) is 26.3 Å². The summed E-state index contributed by atoms with van der Waals surface area (Å²) in [5, 5.41) is 10.8. The van der Waals surface area contributed by atoms with Crippen molar-refractivity contribution >= 4 is 17.5 Å². The second kappa shape index (κ2) is 6.67. The largest absolute Gasteiger partial charge is 0.351 e. The Bertz CT molecular complexity index is 642. The summed E-state index contributed by atoms with van der Waals surface area (Å²) in [6, 6.07) is 4.13. The highest BCUT2D eigenvalue weighted by Gasteiger charge is 2.13. The molecule has 0 unspecified atom stereocenters. The van der Waals surface area contributed by atoms with Crippen LogP contribution in [0.25, 0.3) is 0 Å². The van der Waals surface area contributed by atoms with Gasteiger partial charge in [0.05, 0.1) is 5.56 Å². The van der Waals surface area contributed by atoms with E-state index in [4.69, 9.17) is 11.6 Å². The Hall–Kier alpha value is -1.95. The van der Waals surface area contributed by atoms with E-state index in [0.29, 0.717) is 18.0 Å². The first-order valence-corrected chi connectivity index (χ1v) is 6.98. The number of benzene rings is 1. The molecule has 0 spiro atoms. The molecule has 1 aromatic carbocycles. The van der Waals surface area contributed by atoms with E-state index >= 15 is 0 Å². The number of carbonyl (C=O) groups excluding carboxylic acids is 1. The van der Waals surface area contributed by atoms with E-state index in [-0.39, 0.29) is 11.6 Å². The minimum absolute atomic E-state index is 0.0622. The average Bonchev–Trinajstić information content (AvgIpc) is 2.90. The fourth-order valence-corrected chi connectivity index (χ4v) is 2.10. The van der Waals surface area contributed by atoms with Crippen molar-refractivity contribution in [1.29, 1.82) is 0 Å². The molecule has 1 amide bonds. The topological polar surface area (TPSA) is 59.8 Å². The molecule has 0 fully saturated rings. The molecule has 0 aliphatic carbocycles. The highest BCUT2D eigenvalue weighted by Crippen LogP contribution is 2.14. The maximum atomic E-state index is 13.5. The molecule has 1 heterocycles. The molecule has 0 bridgehead atoms. The molecule has 112 valence electrons. The summed E-state index contributed by atoms with van der Waals surface area (Å²) in [5.41, 5.74) is -0.0622. The van der Waals surface area contributed by atoms with Crippen molar-refractivity contribution in [3.8, 4) is 0 Å². The summed E-state index contributed by atoms with van der Waals surface area (Å²) in [6.07, 6.45) is 2.17. The van der Waals surface area contributed by atoms with E-state index < -0.39 is 11.7 Å². The Morgan fingerprint density at radius 2 is 2.24 bits per heavy atom. The third kappa shape index (κ3) is 3.78. The Morgan fingerprint density at radius 1 is 1.48 bits per heavy atom. The molecule has 1 N–H and O–H groups in total. The molecular weight excluding hydrogens is 295 g/mol. The number of nitrogens with one attached hydrogen (secondary N) is 1. The van der Waals surface area contributed by atoms with Gasteiger partial charge in [0.25, 0.3) is 5.91 Å². The van der Waals surface area contributed by atoms with Crippen molar-refractivity contribution < 1.29 is 9.18 Å². The summed E-state index contributed by atoms with van der Waals surface area (Å²) in [7, 11) is 0. The second-order valence-electron chi connectivity index (χ2n) is 4.88. The van der Waals surface area contributed by atoms with Crippen molar-refractivity contribution in [2.75, 3.05) is 6.54 Å². The molecule has 0 aliphatic heterocycles. The number of hydrogen-bond donors (Lipinski definition) is 1. The minimum Gasteiger partial charge on any atom is -0.351 e. The summed E-state index contributed by atoms with van der Waals surface area (Å²) >= 11 is 5.76. The molecule has 2 rings (SSSR count). The lowest BCUT2D eigenvalue weighted by molar-refractivity contribution is 0.0950. The lowest BCUT2D eigenvalue weighted by Crippen LogP contribution is -2.27. The molecule has 2 aromatic rings. The van der Waals surface area contributed by atoms with Crippen LogP contribution in [0.15, 0.2) is 24.5 Å². The second-order valence-corrected chi connectivity index (χ2v) is 5.31. The molecule has 0 atom stereocenters. The minimum atomic E-state index is -0.595. The van der Waals surface area contributed by atoms with Gasteiger partial charge in [-0.05, 0) is 32.0 Å². The van der Waals surface area contributed by atoms with Crippen LogP contribution in [-0.2, 0) is 6.42 Å². The first-order valence-electron chi connectivity index (χ1n) is 6.60. The molecule has 1 aromatic heterocycles. The van der Waals surface area contributed by atoms with Crippen LogP contribution >= 0.6 is 11.6 Å². The number of nitrogens with zero attached hydrogens (tertiary/aromatic N) is 3. The molecule has 5 nitrogen and oxygen atoms in total. The lowest BCUT2D eigenvalue weighted by atomic mass is 10.2. The maximum absolute atomic E-state index is 13.5. The molecular formula is C14H16ClFN4O. The van der Waals surface area contributed by atoms with E-state index in [0.717, 1.165) is 5.82 Å². The van der Waals surface area contributed by atoms with Crippen LogP contribution in [0.2, 0.25) is 5.02 Å². The Balaban J connectivity index is 1.95. The first kappa shape index (κ1) is 15.4. The number of hydrogen-bond acceptors (Lipinski definition) is 3. The van der Waals surface area contributed by atoms with Crippen LogP contribution in [0.5, 0.6) is 0 Å². The van der Waals surface area contributed by atoms with Gasteiger partial charge in [-0.25, -0.2) is 4.39 Å². The number of halogens is 2. The molecule has 0 radical (unpaired) electrons. The van der Waals surface area contributed by atoms with E-state index in [1.165, 1.54) is 18.2 Å². The maximum Gasteiger partial charge on any atom is 0.254 e. The van der Waals surface area contributed by atoms with Crippen molar-refractivity contribution in [3.63, 3.8) is 0 Å². The fourth-order valence-electron chi connectivity index (χ4n) is 1.93. The number of rotatable bonds is 5. The number of carbonyl (C=O) groups is 1. The van der Waals surface area contributed by atoms with E-state index in [1.807, 2.05) is 18.4 Å². The quantitative estimate of drug-likeness (QED) is 0.923. The van der Waals surface area contributed by atoms with Crippen LogP contribution in [0.1, 0.15) is 36.1 Å². The molecule has 0 saturated heterocycles. The van der Waals surface area contributed by atoms with Crippen LogP contribution in [0, 0.1) is 5.82 Å². The van der Waals surface area contributed by atoms with Gasteiger partial charge in [0, 0.05) is 24.0 Å². The highest BCUT2D eigenvalue weighted by atomic mass is 35.5. The summed E-state index contributed by atoms with van der Waals surface area (Å²) in [5.74, 6) is -0.315. The third-order valence-corrected chi connectivity index (χ3v) is 3.25. The van der Waals surface area contributed by atoms with E-state index in [9.17, 15) is 9.18 Å². The normalized spacial score (nSPS) is 10.9. The smallest absolute Gasteiger partial charge is 0.254 e. The van der Waals surface area contributed by atoms with Gasteiger partial charge in [0.15, 0.2) is 0 Å². The fraction of sp³-hybridized carbons (Fsp3) is 0.357. The SMILES string of the molecule is CC(C)n1cnnc1CCNC(=O)c1cc(Cl)ccc1F. The zero-order chi connectivity index (χ0) is 15.4. The predicted octanol–water partition coefficient (Wildman–Crippen LogP) is 2.62. The van der Waals surface area contributed by atoms with Crippen LogP contribution in [-0.4, -0.2) is 27.2 Å². The summed E-state index contributed by atoms with van der Waals surface area (Å²) in [4.78, 5) is 11.9. The Morgan fingerprint density at radius 3 is 2.95 bits per heavy atom. The van der Waals surface area contributed by atoms with Gasteiger partial charge in [-0.2, -0.15) is 0 Å². The molecule has 0 aliphatic rings. The Kier molecular flexibility index (Phi) is 4.90. The van der Waals surface area contributed by atoms with Crippen LogP contribution < -0.4 is 5.32 Å². The average molecular weight is 311 g/mol. The van der Waals surface area contributed by atoms with Crippen LogP contribution in [0.4, 0.5) is 4.39 Å². The van der Waals surface area contributed by atoms with Gasteiger partial charge in [0.1, 0.15) is 18.0 Å². The van der Waals surface area contributed by atoms with Gasteiger partial charge < -0.3 is 9.88 Å². The van der Waals surface area contributed by atoms with Gasteiger partial charge >= 0.3 is 0 Å². The Labute approximate surface area is 127 Å². The van der Waals surface area contributed by atoms with Crippen molar-refractivity contribution in [1.82, 2.24) is 20.1 Å². The zero-order valence-corrected chi connectivity index (χ0v) is 12.6. The lowest BCUT2D eigenvalue weighted by Gasteiger charge is -2.10. The van der Waals surface area contributed by atoms with E-state index in [2.05, 4.69) is 15.5 Å². The molecule has 7 heteroatoms. The number of amides is 1. The van der Waals surface area contributed by atoms with E-state index in [1.54, 1.807) is 6.33 Å². The first-order chi connectivity index (χ1) is 9.99. The third-order valence-electron chi connectivity index (χ3n) is 3.01. The van der Waals surface area contributed by atoms with Crippen LogP contribution in [0.3, 0.4) is 0 Å². The predicted molar refractivity (Wildman–Crippen MR) is 77.9 cm³/mol. The highest BCUT2D eigenvalue weighted by molar-refractivity contribution is 6.30. The molecule has 21 heavy (non-hydrogen) atoms. The molecule has 0 saturated carbocycles. The van der Waals surface area contributed by atoms with Gasteiger partial charge in [0.2, 0.25) is 0 Å². The zero-order valence-electron chi connectivity index (χ0n) is 11.8. The standard InChI is InChI=1S/C14H16ClFN4O/c1-9(2)20-8-18-19-13(20)5-6-17-14(21)11-7-10(15)3-4-12(11)16/h3-4,7-9H,5-6H2,1-2H3,(H,17,21). The monoisotopic (exact) mass is 310 g/mol. The van der Waals surface area contributed by atoms with Gasteiger partial charge in [-0.15, -0.1) is 10.2 Å². The van der Waals surface area contributed by atoms with Gasteiger partial charge in [-0.1, -0.05) is 11.6 Å². The van der Waals surface area contributed by atoms with Gasteiger partial charge in [-0.3, -0.25) is 4.79 Å². The number of aromatic nitrogens is 3. The van der Waals surface area contributed by atoms with Crippen molar-refractivity contribution in [3.05, 3.63) is 46.8 Å². The van der Waals surface area contributed by atoms with Crippen molar-refractivity contribution in [2.24, 2.45) is 0 Å².